The second-order valence-electron chi connectivity index (χ2n) is 7.60. The van der Waals surface area contributed by atoms with Crippen molar-refractivity contribution in [2.75, 3.05) is 6.54 Å². The third kappa shape index (κ3) is 6.73. The van der Waals surface area contributed by atoms with Crippen LogP contribution in [0.3, 0.4) is 0 Å². The summed E-state index contributed by atoms with van der Waals surface area (Å²) in [6.45, 7) is 0.928. The van der Waals surface area contributed by atoms with Crippen LogP contribution in [0.4, 0.5) is 18.0 Å². The number of alkyl halides is 3. The molecule has 1 saturated carbocycles. The molecule has 5 nitrogen and oxygen atoms in total. The first-order chi connectivity index (χ1) is 14.4. The van der Waals surface area contributed by atoms with E-state index in [1.807, 2.05) is 12.1 Å². The fourth-order valence-corrected chi connectivity index (χ4v) is 3.79. The first-order valence-electron chi connectivity index (χ1n) is 10.2. The molecule has 0 bridgehead atoms. The number of halogens is 3. The summed E-state index contributed by atoms with van der Waals surface area (Å²) in [6, 6.07) is 9.63. The summed E-state index contributed by atoms with van der Waals surface area (Å²) in [5.41, 5.74) is 0.697. The molecule has 30 heavy (non-hydrogen) atoms. The molecule has 0 aliphatic heterocycles. The third-order valence-corrected chi connectivity index (χ3v) is 5.39. The molecule has 1 aromatic carbocycles. The largest absolute Gasteiger partial charge is 0.416 e. The molecule has 3 rings (SSSR count). The minimum Gasteiger partial charge on any atom is -0.335 e. The van der Waals surface area contributed by atoms with Crippen LogP contribution < -0.4 is 16.0 Å². The van der Waals surface area contributed by atoms with Crippen LogP contribution in [0.5, 0.6) is 0 Å². The van der Waals surface area contributed by atoms with Gasteiger partial charge in [0.2, 0.25) is 0 Å². The van der Waals surface area contributed by atoms with E-state index in [0.29, 0.717) is 25.1 Å². The Bertz CT molecular complexity index is 806. The number of nitrogens with zero attached hydrogens (tertiary/aromatic N) is 1. The highest BCUT2D eigenvalue weighted by atomic mass is 19.4. The number of urea groups is 1. The molecular formula is C22H27F3N4O. The summed E-state index contributed by atoms with van der Waals surface area (Å²) in [5, 5.41) is 9.19. The van der Waals surface area contributed by atoms with Crippen molar-refractivity contribution >= 4 is 6.03 Å². The van der Waals surface area contributed by atoms with Crippen LogP contribution >= 0.6 is 0 Å². The number of benzene rings is 1. The molecular weight excluding hydrogens is 393 g/mol. The number of carbonyl (C=O) groups is 1. The lowest BCUT2D eigenvalue weighted by Crippen LogP contribution is -2.46. The number of rotatable bonds is 7. The lowest BCUT2D eigenvalue weighted by molar-refractivity contribution is -0.138. The summed E-state index contributed by atoms with van der Waals surface area (Å²) in [4.78, 5) is 16.1. The molecule has 1 aliphatic rings. The van der Waals surface area contributed by atoms with Crippen molar-refractivity contribution in [2.45, 2.75) is 56.9 Å². The van der Waals surface area contributed by atoms with Crippen LogP contribution in [-0.4, -0.2) is 29.6 Å². The van der Waals surface area contributed by atoms with Gasteiger partial charge in [-0.15, -0.1) is 0 Å². The van der Waals surface area contributed by atoms with Crippen LogP contribution in [0, 0.1) is 0 Å². The Hall–Kier alpha value is -2.61. The number of nitrogens with one attached hydrogen (secondary N) is 3. The summed E-state index contributed by atoms with van der Waals surface area (Å²) in [6.07, 6.45) is 2.87. The maximum absolute atomic E-state index is 13.1. The van der Waals surface area contributed by atoms with Crippen LogP contribution in [0.1, 0.15) is 42.4 Å². The van der Waals surface area contributed by atoms with Crippen LogP contribution in [0.25, 0.3) is 0 Å². The van der Waals surface area contributed by atoms with E-state index < -0.39 is 11.7 Å². The van der Waals surface area contributed by atoms with Crippen molar-refractivity contribution in [3.8, 4) is 0 Å². The summed E-state index contributed by atoms with van der Waals surface area (Å²) >= 11 is 0. The third-order valence-electron chi connectivity index (χ3n) is 5.39. The maximum Gasteiger partial charge on any atom is 0.416 e. The zero-order valence-electron chi connectivity index (χ0n) is 16.7. The first kappa shape index (κ1) is 22.1. The van der Waals surface area contributed by atoms with Crippen molar-refractivity contribution in [3.05, 3.63) is 65.5 Å². The Balaban J connectivity index is 1.35. The molecule has 1 fully saturated rings. The van der Waals surface area contributed by atoms with Crippen LogP contribution in [0.15, 0.2) is 48.8 Å². The van der Waals surface area contributed by atoms with Gasteiger partial charge in [0.05, 0.1) is 5.56 Å². The van der Waals surface area contributed by atoms with Crippen molar-refractivity contribution < 1.29 is 18.0 Å². The summed E-state index contributed by atoms with van der Waals surface area (Å²) < 4.78 is 39.2. The average Bonchev–Trinajstić information content (AvgIpc) is 2.74. The second-order valence-corrected chi connectivity index (χ2v) is 7.60. The van der Waals surface area contributed by atoms with Gasteiger partial charge in [0.25, 0.3) is 0 Å². The Labute approximate surface area is 174 Å². The molecule has 0 radical (unpaired) electrons. The lowest BCUT2D eigenvalue weighted by Gasteiger charge is -2.30. The van der Waals surface area contributed by atoms with Crippen LogP contribution in [-0.2, 0) is 19.1 Å². The summed E-state index contributed by atoms with van der Waals surface area (Å²) in [7, 11) is 0. The molecule has 2 aromatic rings. The number of hydrogen-bond donors (Lipinski definition) is 3. The van der Waals surface area contributed by atoms with E-state index in [9.17, 15) is 18.0 Å². The maximum atomic E-state index is 13.1. The van der Waals surface area contributed by atoms with Gasteiger partial charge in [0, 0.05) is 31.0 Å². The fraction of sp³-hybridized carbons (Fsp3) is 0.455. The normalized spacial score (nSPS) is 19.3. The van der Waals surface area contributed by atoms with E-state index >= 15 is 0 Å². The zero-order chi connectivity index (χ0) is 21.4. The highest BCUT2D eigenvalue weighted by Gasteiger charge is 2.32. The Morgan fingerprint density at radius 3 is 2.47 bits per heavy atom. The molecule has 1 heterocycles. The molecule has 0 atom stereocenters. The van der Waals surface area contributed by atoms with Crippen LogP contribution in [0.2, 0.25) is 0 Å². The fourth-order valence-electron chi connectivity index (χ4n) is 3.79. The zero-order valence-corrected chi connectivity index (χ0v) is 16.7. The average molecular weight is 420 g/mol. The molecule has 162 valence electrons. The number of hydrogen-bond acceptors (Lipinski definition) is 3. The molecule has 8 heteroatoms. The van der Waals surface area contributed by atoms with Gasteiger partial charge in [-0.3, -0.25) is 4.98 Å². The van der Waals surface area contributed by atoms with Gasteiger partial charge in [-0.2, -0.15) is 13.2 Å². The predicted molar refractivity (Wildman–Crippen MR) is 109 cm³/mol. The van der Waals surface area contributed by atoms with Crippen molar-refractivity contribution in [3.63, 3.8) is 0 Å². The molecule has 3 N–H and O–H groups in total. The monoisotopic (exact) mass is 420 g/mol. The van der Waals surface area contributed by atoms with E-state index in [4.69, 9.17) is 0 Å². The van der Waals surface area contributed by atoms with Gasteiger partial charge in [-0.25, -0.2) is 4.79 Å². The second kappa shape index (κ2) is 10.4. The molecule has 1 aliphatic carbocycles. The first-order valence-corrected chi connectivity index (χ1v) is 10.2. The van der Waals surface area contributed by atoms with Crippen molar-refractivity contribution in [1.82, 2.24) is 20.9 Å². The minimum atomic E-state index is -4.32. The van der Waals surface area contributed by atoms with Gasteiger partial charge >= 0.3 is 12.2 Å². The highest BCUT2D eigenvalue weighted by molar-refractivity contribution is 5.74. The van der Waals surface area contributed by atoms with Crippen molar-refractivity contribution in [1.29, 1.82) is 0 Å². The van der Waals surface area contributed by atoms with Gasteiger partial charge < -0.3 is 16.0 Å². The molecule has 0 saturated heterocycles. The molecule has 0 unspecified atom stereocenters. The quantitative estimate of drug-likeness (QED) is 0.633. The highest BCUT2D eigenvalue weighted by Crippen LogP contribution is 2.32. The Morgan fingerprint density at radius 1 is 1.03 bits per heavy atom. The standard InChI is InChI=1S/C22H27F3N4O/c23-22(24,25)20-6-2-1-5-17(20)11-13-27-18-7-9-19(10-8-18)29-21(30)28-15-16-4-3-12-26-14-16/h1-6,12,14,18-19,27H,7-11,13,15H2,(H2,28,29,30)/t18-,19-. The van der Waals surface area contributed by atoms with Gasteiger partial charge in [0.15, 0.2) is 0 Å². The molecule has 1 aromatic heterocycles. The molecule has 0 spiro atoms. The smallest absolute Gasteiger partial charge is 0.335 e. The van der Waals surface area contributed by atoms with Gasteiger partial charge in [0.1, 0.15) is 0 Å². The summed E-state index contributed by atoms with van der Waals surface area (Å²) in [5.74, 6) is 0. The Morgan fingerprint density at radius 2 is 1.77 bits per heavy atom. The van der Waals surface area contributed by atoms with Gasteiger partial charge in [-0.05, 0) is 61.9 Å². The molecule has 2 amide bonds. The number of carbonyl (C=O) groups excluding carboxylic acids is 1. The Kier molecular flexibility index (Phi) is 7.68. The predicted octanol–water partition coefficient (Wildman–Crippen LogP) is 4.04. The van der Waals surface area contributed by atoms with E-state index in [-0.39, 0.29) is 18.1 Å². The lowest BCUT2D eigenvalue weighted by atomic mass is 9.91. The number of pyridine rings is 1. The number of amides is 2. The van der Waals surface area contributed by atoms with Gasteiger partial charge in [-0.1, -0.05) is 24.3 Å². The minimum absolute atomic E-state index is 0.114. The SMILES string of the molecule is O=C(NCc1cccnc1)N[C@H]1CC[C@H](NCCc2ccccc2C(F)(F)F)CC1. The van der Waals surface area contributed by atoms with E-state index in [0.717, 1.165) is 37.3 Å². The van der Waals surface area contributed by atoms with E-state index in [1.54, 1.807) is 18.5 Å². The van der Waals surface area contributed by atoms with Crippen molar-refractivity contribution in [2.24, 2.45) is 0 Å². The van der Waals surface area contributed by atoms with E-state index in [2.05, 4.69) is 20.9 Å². The van der Waals surface area contributed by atoms with E-state index in [1.165, 1.54) is 12.1 Å². The topological polar surface area (TPSA) is 66.0 Å². The number of aromatic nitrogens is 1.